The number of rotatable bonds is 5. The lowest BCUT2D eigenvalue weighted by Crippen LogP contribution is -2.33. The van der Waals surface area contributed by atoms with E-state index in [9.17, 15) is 4.79 Å². The lowest BCUT2D eigenvalue weighted by atomic mass is 10.2. The summed E-state index contributed by atoms with van der Waals surface area (Å²) >= 11 is 1.77. The number of amides is 1. The highest BCUT2D eigenvalue weighted by molar-refractivity contribution is 7.10. The van der Waals surface area contributed by atoms with Crippen LogP contribution in [0.4, 0.5) is 5.82 Å². The number of hydrogen-bond acceptors (Lipinski definition) is 4. The van der Waals surface area contributed by atoms with Crippen LogP contribution in [0.1, 0.15) is 35.0 Å². The highest BCUT2D eigenvalue weighted by Gasteiger charge is 2.28. The Balaban J connectivity index is 1.48. The van der Waals surface area contributed by atoms with Crippen molar-refractivity contribution in [3.63, 3.8) is 0 Å². The minimum atomic E-state index is 0.00622. The lowest BCUT2D eigenvalue weighted by Gasteiger charge is -2.23. The standard InChI is InChI=1S/C21H24N4OS/c1-15-7-9-17(10-8-15)25-20(13-16(2)23-25)22-21(26)14-24-11-3-5-18(24)19-6-4-12-27-19/h4,6-10,12-13,18H,3,5,11,14H2,1-2H3,(H,22,26)/t18-/m1/s1. The molecular weight excluding hydrogens is 356 g/mol. The summed E-state index contributed by atoms with van der Waals surface area (Å²) in [6, 6.07) is 14.7. The SMILES string of the molecule is Cc1ccc(-n2nc(C)cc2NC(=O)CN2CCC[C@@H]2c2cccs2)cc1. The summed E-state index contributed by atoms with van der Waals surface area (Å²) in [6.07, 6.45) is 2.25. The quantitative estimate of drug-likeness (QED) is 0.717. The second-order valence-corrected chi connectivity index (χ2v) is 8.09. The maximum absolute atomic E-state index is 12.7. The topological polar surface area (TPSA) is 50.2 Å². The molecule has 1 amide bonds. The molecule has 27 heavy (non-hydrogen) atoms. The number of hydrogen-bond donors (Lipinski definition) is 1. The summed E-state index contributed by atoms with van der Waals surface area (Å²) in [4.78, 5) is 16.4. The highest BCUT2D eigenvalue weighted by Crippen LogP contribution is 2.34. The van der Waals surface area contributed by atoms with Crippen LogP contribution in [0.3, 0.4) is 0 Å². The average Bonchev–Trinajstić information content (AvgIpc) is 3.37. The molecule has 1 atom stereocenters. The number of likely N-dealkylation sites (tertiary alicyclic amines) is 1. The predicted molar refractivity (Wildman–Crippen MR) is 110 cm³/mol. The van der Waals surface area contributed by atoms with Gasteiger partial charge < -0.3 is 5.32 Å². The Kier molecular flexibility index (Phi) is 5.09. The van der Waals surface area contributed by atoms with Gasteiger partial charge in [0.25, 0.3) is 0 Å². The van der Waals surface area contributed by atoms with Crippen LogP contribution in [-0.4, -0.2) is 33.7 Å². The fourth-order valence-electron chi connectivity index (χ4n) is 3.66. The van der Waals surface area contributed by atoms with Crippen LogP contribution in [-0.2, 0) is 4.79 Å². The number of thiophene rings is 1. The van der Waals surface area contributed by atoms with E-state index in [4.69, 9.17) is 0 Å². The smallest absolute Gasteiger partial charge is 0.239 e. The maximum atomic E-state index is 12.7. The molecule has 0 spiro atoms. The number of anilines is 1. The molecule has 140 valence electrons. The minimum Gasteiger partial charge on any atom is -0.309 e. The third kappa shape index (κ3) is 3.96. The second kappa shape index (κ2) is 7.66. The van der Waals surface area contributed by atoms with Gasteiger partial charge in [-0.3, -0.25) is 9.69 Å². The van der Waals surface area contributed by atoms with Crippen molar-refractivity contribution in [1.29, 1.82) is 0 Å². The van der Waals surface area contributed by atoms with E-state index < -0.39 is 0 Å². The molecule has 1 aliphatic heterocycles. The molecule has 2 aromatic heterocycles. The molecule has 3 aromatic rings. The molecule has 1 saturated heterocycles. The number of benzene rings is 1. The maximum Gasteiger partial charge on any atom is 0.239 e. The number of carbonyl (C=O) groups excluding carboxylic acids is 1. The fourth-order valence-corrected chi connectivity index (χ4v) is 4.55. The summed E-state index contributed by atoms with van der Waals surface area (Å²) < 4.78 is 1.80. The first-order valence-electron chi connectivity index (χ1n) is 9.31. The third-order valence-corrected chi connectivity index (χ3v) is 5.93. The van der Waals surface area contributed by atoms with Gasteiger partial charge in [-0.2, -0.15) is 5.10 Å². The van der Waals surface area contributed by atoms with Crippen molar-refractivity contribution in [2.75, 3.05) is 18.4 Å². The molecular formula is C21H24N4OS. The Morgan fingerprint density at radius 2 is 2.07 bits per heavy atom. The summed E-state index contributed by atoms with van der Waals surface area (Å²) in [5.41, 5.74) is 3.02. The van der Waals surface area contributed by atoms with Gasteiger partial charge in [0, 0.05) is 17.0 Å². The van der Waals surface area contributed by atoms with Crippen molar-refractivity contribution in [3.8, 4) is 5.69 Å². The van der Waals surface area contributed by atoms with Crippen molar-refractivity contribution < 1.29 is 4.79 Å². The first-order chi connectivity index (χ1) is 13.1. The summed E-state index contributed by atoms with van der Waals surface area (Å²) in [5, 5.41) is 9.71. The van der Waals surface area contributed by atoms with Gasteiger partial charge >= 0.3 is 0 Å². The fraction of sp³-hybridized carbons (Fsp3) is 0.333. The Hall–Kier alpha value is -2.44. The Morgan fingerprint density at radius 1 is 1.26 bits per heavy atom. The van der Waals surface area contributed by atoms with E-state index in [0.717, 1.165) is 30.8 Å². The highest BCUT2D eigenvalue weighted by atomic mass is 32.1. The Morgan fingerprint density at radius 3 is 2.81 bits per heavy atom. The van der Waals surface area contributed by atoms with Crippen molar-refractivity contribution in [2.24, 2.45) is 0 Å². The summed E-state index contributed by atoms with van der Waals surface area (Å²) in [7, 11) is 0. The molecule has 4 rings (SSSR count). The molecule has 3 heterocycles. The zero-order valence-corrected chi connectivity index (χ0v) is 16.5. The molecule has 1 fully saturated rings. The van der Waals surface area contributed by atoms with Gasteiger partial charge in [-0.25, -0.2) is 4.68 Å². The minimum absolute atomic E-state index is 0.00622. The average molecular weight is 381 g/mol. The van der Waals surface area contributed by atoms with Crippen molar-refractivity contribution in [3.05, 3.63) is 64.0 Å². The molecule has 0 bridgehead atoms. The number of nitrogens with zero attached hydrogens (tertiary/aromatic N) is 3. The van der Waals surface area contributed by atoms with Crippen LogP contribution in [0, 0.1) is 13.8 Å². The van der Waals surface area contributed by atoms with E-state index in [0.29, 0.717) is 18.4 Å². The van der Waals surface area contributed by atoms with Crippen LogP contribution < -0.4 is 5.32 Å². The zero-order chi connectivity index (χ0) is 18.8. The first-order valence-corrected chi connectivity index (χ1v) is 10.2. The molecule has 0 radical (unpaired) electrons. The van der Waals surface area contributed by atoms with E-state index in [-0.39, 0.29) is 5.91 Å². The molecule has 0 saturated carbocycles. The Labute approximate surface area is 163 Å². The van der Waals surface area contributed by atoms with Crippen LogP contribution >= 0.6 is 11.3 Å². The predicted octanol–water partition coefficient (Wildman–Crippen LogP) is 4.33. The van der Waals surface area contributed by atoms with Gasteiger partial charge in [0.1, 0.15) is 5.82 Å². The molecule has 0 aliphatic carbocycles. The van der Waals surface area contributed by atoms with Gasteiger partial charge in [-0.1, -0.05) is 23.8 Å². The van der Waals surface area contributed by atoms with E-state index in [1.165, 1.54) is 10.4 Å². The van der Waals surface area contributed by atoms with Gasteiger partial charge in [0.15, 0.2) is 0 Å². The third-order valence-electron chi connectivity index (χ3n) is 4.96. The normalized spacial score (nSPS) is 17.3. The monoisotopic (exact) mass is 380 g/mol. The van der Waals surface area contributed by atoms with Crippen LogP contribution in [0.2, 0.25) is 0 Å². The molecule has 1 aliphatic rings. The summed E-state index contributed by atoms with van der Waals surface area (Å²) in [5.74, 6) is 0.722. The molecule has 1 aromatic carbocycles. The Bertz CT molecular complexity index is 914. The van der Waals surface area contributed by atoms with E-state index in [1.807, 2.05) is 37.3 Å². The van der Waals surface area contributed by atoms with Gasteiger partial charge in [-0.15, -0.1) is 11.3 Å². The number of carbonyl (C=O) groups is 1. The second-order valence-electron chi connectivity index (χ2n) is 7.11. The van der Waals surface area contributed by atoms with Crippen molar-refractivity contribution >= 4 is 23.1 Å². The molecule has 6 heteroatoms. The molecule has 1 N–H and O–H groups in total. The lowest BCUT2D eigenvalue weighted by molar-refractivity contribution is -0.117. The van der Waals surface area contributed by atoms with E-state index in [2.05, 4.69) is 39.8 Å². The van der Waals surface area contributed by atoms with Crippen LogP contribution in [0.25, 0.3) is 5.69 Å². The number of nitrogens with one attached hydrogen (secondary N) is 1. The van der Waals surface area contributed by atoms with Crippen molar-refractivity contribution in [2.45, 2.75) is 32.7 Å². The molecule has 5 nitrogen and oxygen atoms in total. The largest absolute Gasteiger partial charge is 0.309 e. The van der Waals surface area contributed by atoms with E-state index >= 15 is 0 Å². The van der Waals surface area contributed by atoms with Gasteiger partial charge in [-0.05, 0) is 56.8 Å². The van der Waals surface area contributed by atoms with Crippen LogP contribution in [0.15, 0.2) is 47.8 Å². The van der Waals surface area contributed by atoms with E-state index in [1.54, 1.807) is 16.0 Å². The zero-order valence-electron chi connectivity index (χ0n) is 15.7. The first kappa shape index (κ1) is 17.9. The molecule has 0 unspecified atom stereocenters. The van der Waals surface area contributed by atoms with Crippen LogP contribution in [0.5, 0.6) is 0 Å². The summed E-state index contributed by atoms with van der Waals surface area (Å²) in [6.45, 7) is 5.36. The number of aromatic nitrogens is 2. The number of aryl methyl sites for hydroxylation is 2. The van der Waals surface area contributed by atoms with Gasteiger partial charge in [0.05, 0.1) is 17.9 Å². The van der Waals surface area contributed by atoms with Gasteiger partial charge in [0.2, 0.25) is 5.91 Å². The van der Waals surface area contributed by atoms with Crippen molar-refractivity contribution in [1.82, 2.24) is 14.7 Å².